The fraction of sp³-hybridized carbons (Fsp3) is 0.459. The van der Waals surface area contributed by atoms with Crippen LogP contribution >= 0.6 is 0 Å². The van der Waals surface area contributed by atoms with Crippen molar-refractivity contribution < 1.29 is 19.1 Å². The number of hydrogen-bond acceptors (Lipinski definition) is 4. The van der Waals surface area contributed by atoms with Gasteiger partial charge in [-0.2, -0.15) is 0 Å². The van der Waals surface area contributed by atoms with Crippen molar-refractivity contribution in [2.24, 2.45) is 0 Å². The van der Waals surface area contributed by atoms with Gasteiger partial charge in [0.1, 0.15) is 17.7 Å². The van der Waals surface area contributed by atoms with Crippen LogP contribution in [0.25, 0.3) is 0 Å². The van der Waals surface area contributed by atoms with E-state index in [2.05, 4.69) is 24.5 Å². The molecule has 0 radical (unpaired) electrons. The first kappa shape index (κ1) is 33.7. The molecule has 6 heteroatoms. The zero-order valence-corrected chi connectivity index (χ0v) is 26.1. The first-order chi connectivity index (χ1) is 21.1. The second-order valence-electron chi connectivity index (χ2n) is 11.2. The van der Waals surface area contributed by atoms with Gasteiger partial charge in [-0.25, -0.2) is 9.59 Å². The Balaban J connectivity index is 1.59. The molecule has 6 nitrogen and oxygen atoms in total. The number of ether oxygens (including phenoxy) is 2. The lowest BCUT2D eigenvalue weighted by Crippen LogP contribution is -2.43. The summed E-state index contributed by atoms with van der Waals surface area (Å²) in [6, 6.07) is 24.5. The number of carbonyl (C=O) groups is 2. The quantitative estimate of drug-likeness (QED) is 0.108. The molecular formula is C37H50N2O4. The van der Waals surface area contributed by atoms with Crippen molar-refractivity contribution in [2.75, 3.05) is 0 Å². The molecule has 2 amide bonds. The fourth-order valence-electron chi connectivity index (χ4n) is 5.15. The van der Waals surface area contributed by atoms with Crippen molar-refractivity contribution >= 4 is 12.2 Å². The summed E-state index contributed by atoms with van der Waals surface area (Å²) < 4.78 is 11.5. The molecule has 0 spiro atoms. The standard InChI is InChI=1S/C37H50N2O4/c1-3-5-7-9-11-14-22-30-24-18-20-28-33(30)42-36(40)38-35(32-26-16-13-17-27-32)39-37(41)43-34-29-21-19-25-31(34)23-15-12-10-8-6-4-2/h13,16-21,24-29,35H,3-12,14-15,22-23H2,1-2H3,(H,38,40)(H,39,41). The smallest absolute Gasteiger partial charge is 0.410 e. The Morgan fingerprint density at radius 2 is 0.930 bits per heavy atom. The van der Waals surface area contributed by atoms with Gasteiger partial charge < -0.3 is 9.47 Å². The van der Waals surface area contributed by atoms with E-state index < -0.39 is 18.4 Å². The molecule has 3 rings (SSSR count). The lowest BCUT2D eigenvalue weighted by atomic mass is 10.0. The van der Waals surface area contributed by atoms with E-state index in [0.29, 0.717) is 17.1 Å². The molecule has 0 unspecified atom stereocenters. The van der Waals surface area contributed by atoms with E-state index in [1.165, 1.54) is 51.4 Å². The minimum absolute atomic E-state index is 0.534. The van der Waals surface area contributed by atoms with Crippen molar-refractivity contribution in [3.63, 3.8) is 0 Å². The van der Waals surface area contributed by atoms with Gasteiger partial charge in [0.2, 0.25) is 0 Å². The lowest BCUT2D eigenvalue weighted by Gasteiger charge is -2.21. The maximum atomic E-state index is 13.1. The van der Waals surface area contributed by atoms with Gasteiger partial charge in [-0.3, -0.25) is 10.6 Å². The Labute approximate surface area is 258 Å². The number of carbonyl (C=O) groups excluding carboxylic acids is 2. The highest BCUT2D eigenvalue weighted by molar-refractivity contribution is 5.74. The summed E-state index contributed by atoms with van der Waals surface area (Å²) >= 11 is 0. The van der Waals surface area contributed by atoms with Gasteiger partial charge in [0.15, 0.2) is 0 Å². The summed E-state index contributed by atoms with van der Waals surface area (Å²) in [6.07, 6.45) is 14.0. The number of unbranched alkanes of at least 4 members (excludes halogenated alkanes) is 10. The minimum atomic E-state index is -0.836. The average Bonchev–Trinajstić information content (AvgIpc) is 3.02. The summed E-state index contributed by atoms with van der Waals surface area (Å²) in [5.41, 5.74) is 2.70. The first-order valence-electron chi connectivity index (χ1n) is 16.3. The van der Waals surface area contributed by atoms with Gasteiger partial charge >= 0.3 is 12.2 Å². The molecule has 3 aromatic rings. The van der Waals surface area contributed by atoms with E-state index in [9.17, 15) is 9.59 Å². The van der Waals surface area contributed by atoms with Crippen LogP contribution in [0.4, 0.5) is 9.59 Å². The third-order valence-electron chi connectivity index (χ3n) is 7.61. The lowest BCUT2D eigenvalue weighted by molar-refractivity contribution is 0.182. The molecule has 0 aromatic heterocycles. The van der Waals surface area contributed by atoms with E-state index in [1.54, 1.807) is 0 Å². The fourth-order valence-corrected chi connectivity index (χ4v) is 5.15. The SMILES string of the molecule is CCCCCCCCc1ccccc1OC(=O)NC(NC(=O)Oc1ccccc1CCCCCCCC)c1ccccc1. The van der Waals surface area contributed by atoms with Crippen LogP contribution in [-0.4, -0.2) is 12.2 Å². The van der Waals surface area contributed by atoms with Gasteiger partial charge in [-0.1, -0.05) is 145 Å². The van der Waals surface area contributed by atoms with Crippen LogP contribution < -0.4 is 20.1 Å². The van der Waals surface area contributed by atoms with Crippen molar-refractivity contribution in [2.45, 2.75) is 110 Å². The van der Waals surface area contributed by atoms with Crippen molar-refractivity contribution in [3.05, 3.63) is 95.6 Å². The largest absolute Gasteiger partial charge is 0.414 e. The van der Waals surface area contributed by atoms with Crippen LogP contribution in [0.2, 0.25) is 0 Å². The minimum Gasteiger partial charge on any atom is -0.410 e. The predicted molar refractivity (Wildman–Crippen MR) is 175 cm³/mol. The predicted octanol–water partition coefficient (Wildman–Crippen LogP) is 10.1. The van der Waals surface area contributed by atoms with Crippen LogP contribution in [0.5, 0.6) is 11.5 Å². The molecule has 0 saturated carbocycles. The van der Waals surface area contributed by atoms with Gasteiger partial charge in [-0.15, -0.1) is 0 Å². The Kier molecular flexibility index (Phi) is 15.8. The molecule has 0 aliphatic rings. The average molecular weight is 587 g/mol. The molecule has 0 aliphatic carbocycles. The van der Waals surface area contributed by atoms with Crippen molar-refractivity contribution in [1.29, 1.82) is 0 Å². The molecule has 2 N–H and O–H groups in total. The highest BCUT2D eigenvalue weighted by Gasteiger charge is 2.20. The molecule has 3 aromatic carbocycles. The normalized spacial score (nSPS) is 10.9. The molecule has 43 heavy (non-hydrogen) atoms. The number of benzene rings is 3. The van der Waals surface area contributed by atoms with Gasteiger partial charge in [0, 0.05) is 0 Å². The maximum absolute atomic E-state index is 13.1. The molecule has 0 fully saturated rings. The summed E-state index contributed by atoms with van der Waals surface area (Å²) in [5, 5.41) is 5.63. The van der Waals surface area contributed by atoms with Crippen molar-refractivity contribution in [3.8, 4) is 11.5 Å². The number of rotatable bonds is 19. The molecule has 0 bridgehead atoms. The van der Waals surface area contributed by atoms with Gasteiger partial charge in [-0.05, 0) is 54.5 Å². The number of nitrogens with one attached hydrogen (secondary N) is 2. The number of para-hydroxylation sites is 2. The highest BCUT2D eigenvalue weighted by atomic mass is 16.6. The van der Waals surface area contributed by atoms with Crippen LogP contribution in [0.15, 0.2) is 78.9 Å². The number of hydrogen-bond donors (Lipinski definition) is 2. The molecule has 0 heterocycles. The van der Waals surface area contributed by atoms with Crippen LogP contribution in [0, 0.1) is 0 Å². The zero-order chi connectivity index (χ0) is 30.5. The molecular weight excluding hydrogens is 536 g/mol. The summed E-state index contributed by atoms with van der Waals surface area (Å²) in [7, 11) is 0. The Morgan fingerprint density at radius 1 is 0.535 bits per heavy atom. The third kappa shape index (κ3) is 12.9. The highest BCUT2D eigenvalue weighted by Crippen LogP contribution is 2.23. The zero-order valence-electron chi connectivity index (χ0n) is 26.1. The second-order valence-corrected chi connectivity index (χ2v) is 11.2. The number of aryl methyl sites for hydroxylation is 2. The van der Waals surface area contributed by atoms with E-state index in [1.807, 2.05) is 78.9 Å². The Morgan fingerprint density at radius 3 is 1.40 bits per heavy atom. The molecule has 0 saturated heterocycles. The van der Waals surface area contributed by atoms with Gasteiger partial charge in [0.05, 0.1) is 0 Å². The molecule has 232 valence electrons. The molecule has 0 aliphatic heterocycles. The van der Waals surface area contributed by atoms with Crippen LogP contribution in [0.1, 0.15) is 114 Å². The summed E-state index contributed by atoms with van der Waals surface area (Å²) in [4.78, 5) is 26.2. The number of amides is 2. The second kappa shape index (κ2) is 20.2. The van der Waals surface area contributed by atoms with Crippen LogP contribution in [-0.2, 0) is 12.8 Å². The summed E-state index contributed by atoms with van der Waals surface area (Å²) in [6.45, 7) is 4.44. The third-order valence-corrected chi connectivity index (χ3v) is 7.61. The van der Waals surface area contributed by atoms with Crippen LogP contribution in [0.3, 0.4) is 0 Å². The van der Waals surface area contributed by atoms with E-state index in [0.717, 1.165) is 49.7 Å². The Hall–Kier alpha value is -3.80. The van der Waals surface area contributed by atoms with Gasteiger partial charge in [0.25, 0.3) is 0 Å². The monoisotopic (exact) mass is 586 g/mol. The van der Waals surface area contributed by atoms with E-state index in [4.69, 9.17) is 9.47 Å². The maximum Gasteiger partial charge on any atom is 0.414 e. The Bertz CT molecular complexity index is 1140. The first-order valence-corrected chi connectivity index (χ1v) is 16.3. The summed E-state index contributed by atoms with van der Waals surface area (Å²) in [5.74, 6) is 1.07. The van der Waals surface area contributed by atoms with E-state index in [-0.39, 0.29) is 0 Å². The topological polar surface area (TPSA) is 76.7 Å². The van der Waals surface area contributed by atoms with Crippen molar-refractivity contribution in [1.82, 2.24) is 10.6 Å². The molecule has 0 atom stereocenters. The van der Waals surface area contributed by atoms with E-state index >= 15 is 0 Å².